The number of hydrogen-bond acceptors (Lipinski definition) is 8. The second kappa shape index (κ2) is 7.51. The molecule has 1 amide bonds. The first-order valence-electron chi connectivity index (χ1n) is 9.26. The summed E-state index contributed by atoms with van der Waals surface area (Å²) in [7, 11) is 0. The maximum absolute atomic E-state index is 12.5. The maximum Gasteiger partial charge on any atom is 0.276 e. The van der Waals surface area contributed by atoms with Crippen LogP contribution in [0.2, 0.25) is 0 Å². The molecule has 2 fully saturated rings. The van der Waals surface area contributed by atoms with Crippen LogP contribution in [-0.4, -0.2) is 78.4 Å². The zero-order valence-electron chi connectivity index (χ0n) is 15.7. The van der Waals surface area contributed by atoms with Gasteiger partial charge in [-0.1, -0.05) is 5.16 Å². The van der Waals surface area contributed by atoms with Gasteiger partial charge in [-0.25, -0.2) is 4.98 Å². The van der Waals surface area contributed by atoms with Crippen LogP contribution in [0, 0.1) is 13.8 Å². The molecule has 27 heavy (non-hydrogen) atoms. The number of hydrogen-bond donors (Lipinski definition) is 0. The van der Waals surface area contributed by atoms with Gasteiger partial charge in [-0.05, 0) is 13.8 Å². The highest BCUT2D eigenvalue weighted by Gasteiger charge is 2.26. The number of amides is 1. The van der Waals surface area contributed by atoms with Gasteiger partial charge < -0.3 is 24.0 Å². The molecule has 2 aliphatic heterocycles. The molecule has 9 nitrogen and oxygen atoms in total. The third kappa shape index (κ3) is 3.87. The Kier molecular flexibility index (Phi) is 4.93. The lowest BCUT2D eigenvalue weighted by molar-refractivity contribution is 0.0735. The molecule has 2 saturated heterocycles. The van der Waals surface area contributed by atoms with E-state index in [1.807, 2.05) is 13.0 Å². The van der Waals surface area contributed by atoms with Gasteiger partial charge in [0, 0.05) is 57.1 Å². The molecule has 0 radical (unpaired) electrons. The van der Waals surface area contributed by atoms with Crippen molar-refractivity contribution in [3.8, 4) is 0 Å². The van der Waals surface area contributed by atoms with Crippen molar-refractivity contribution in [2.75, 3.05) is 62.3 Å². The number of carbonyl (C=O) groups excluding carboxylic acids is 1. The molecular weight excluding hydrogens is 348 g/mol. The fraction of sp³-hybridized carbons (Fsp3) is 0.556. The van der Waals surface area contributed by atoms with E-state index < -0.39 is 0 Å². The molecule has 0 aromatic carbocycles. The molecule has 2 aromatic rings. The number of aromatic nitrogens is 3. The van der Waals surface area contributed by atoms with Crippen LogP contribution in [0.25, 0.3) is 0 Å². The van der Waals surface area contributed by atoms with Crippen LogP contribution in [0.15, 0.2) is 16.7 Å². The molecule has 0 unspecified atom stereocenters. The fourth-order valence-corrected chi connectivity index (χ4v) is 3.37. The summed E-state index contributed by atoms with van der Waals surface area (Å²) in [6.07, 6.45) is 0. The number of ether oxygens (including phenoxy) is 1. The van der Waals surface area contributed by atoms with Crippen molar-refractivity contribution in [2.45, 2.75) is 13.8 Å². The van der Waals surface area contributed by atoms with Crippen LogP contribution in [0.3, 0.4) is 0 Å². The Bertz CT molecular complexity index is 809. The highest BCUT2D eigenvalue weighted by molar-refractivity contribution is 5.92. The Morgan fingerprint density at radius 1 is 0.963 bits per heavy atom. The predicted molar refractivity (Wildman–Crippen MR) is 99.2 cm³/mol. The van der Waals surface area contributed by atoms with E-state index in [1.54, 1.807) is 17.9 Å². The highest BCUT2D eigenvalue weighted by atomic mass is 16.5. The third-order valence-electron chi connectivity index (χ3n) is 4.86. The van der Waals surface area contributed by atoms with Gasteiger partial charge in [0.1, 0.15) is 11.6 Å². The van der Waals surface area contributed by atoms with Crippen LogP contribution in [-0.2, 0) is 4.74 Å². The number of rotatable bonds is 3. The SMILES string of the molecule is Cc1cc(N2CCOCC2)nc(N2CCN(C(=O)c3cc(C)on3)CC2)n1. The quantitative estimate of drug-likeness (QED) is 0.785. The van der Waals surface area contributed by atoms with E-state index in [1.165, 1.54) is 0 Å². The van der Waals surface area contributed by atoms with E-state index in [9.17, 15) is 4.79 Å². The first-order valence-corrected chi connectivity index (χ1v) is 9.26. The smallest absolute Gasteiger partial charge is 0.276 e. The molecule has 0 atom stereocenters. The average molecular weight is 372 g/mol. The second-order valence-corrected chi connectivity index (χ2v) is 6.87. The summed E-state index contributed by atoms with van der Waals surface area (Å²) in [5.74, 6) is 2.21. The summed E-state index contributed by atoms with van der Waals surface area (Å²) in [5, 5.41) is 3.82. The summed E-state index contributed by atoms with van der Waals surface area (Å²) in [5.41, 5.74) is 1.31. The molecule has 2 aromatic heterocycles. The molecule has 0 bridgehead atoms. The topological polar surface area (TPSA) is 87.8 Å². The van der Waals surface area contributed by atoms with Crippen LogP contribution in [0.1, 0.15) is 21.9 Å². The van der Waals surface area contributed by atoms with Crippen LogP contribution in [0.5, 0.6) is 0 Å². The fourth-order valence-electron chi connectivity index (χ4n) is 3.37. The van der Waals surface area contributed by atoms with Gasteiger partial charge >= 0.3 is 0 Å². The second-order valence-electron chi connectivity index (χ2n) is 6.87. The molecule has 0 aliphatic carbocycles. The Morgan fingerprint density at radius 3 is 2.37 bits per heavy atom. The minimum Gasteiger partial charge on any atom is -0.378 e. The zero-order valence-corrected chi connectivity index (χ0v) is 15.7. The average Bonchev–Trinajstić information content (AvgIpc) is 3.14. The summed E-state index contributed by atoms with van der Waals surface area (Å²) >= 11 is 0. The van der Waals surface area contributed by atoms with Crippen molar-refractivity contribution >= 4 is 17.7 Å². The van der Waals surface area contributed by atoms with E-state index in [4.69, 9.17) is 14.2 Å². The minimum absolute atomic E-state index is 0.0920. The zero-order chi connectivity index (χ0) is 18.8. The number of carbonyl (C=O) groups is 1. The van der Waals surface area contributed by atoms with Gasteiger partial charge in [-0.2, -0.15) is 4.98 Å². The van der Waals surface area contributed by atoms with Gasteiger partial charge in [-0.15, -0.1) is 0 Å². The Morgan fingerprint density at radius 2 is 1.70 bits per heavy atom. The molecule has 4 rings (SSSR count). The molecule has 2 aliphatic rings. The lowest BCUT2D eigenvalue weighted by Gasteiger charge is -2.35. The first kappa shape index (κ1) is 17.7. The van der Waals surface area contributed by atoms with Gasteiger partial charge in [0.2, 0.25) is 5.95 Å². The predicted octanol–water partition coefficient (Wildman–Crippen LogP) is 0.880. The van der Waals surface area contributed by atoms with E-state index >= 15 is 0 Å². The Balaban J connectivity index is 1.43. The lowest BCUT2D eigenvalue weighted by atomic mass is 10.2. The van der Waals surface area contributed by atoms with E-state index in [0.717, 1.165) is 43.8 Å². The van der Waals surface area contributed by atoms with Crippen LogP contribution in [0.4, 0.5) is 11.8 Å². The molecule has 4 heterocycles. The lowest BCUT2D eigenvalue weighted by Crippen LogP contribution is -2.49. The Labute approximate surface area is 157 Å². The van der Waals surface area contributed by atoms with Gasteiger partial charge in [0.25, 0.3) is 5.91 Å². The standard InChI is InChI=1S/C18H24N6O3/c1-13-11-16(22-7-9-26-10-8-22)20-18(19-13)24-5-3-23(4-6-24)17(25)15-12-14(2)27-21-15/h11-12H,3-10H2,1-2H3. The van der Waals surface area contributed by atoms with Crippen molar-refractivity contribution in [1.82, 2.24) is 20.0 Å². The van der Waals surface area contributed by atoms with E-state index in [2.05, 4.69) is 19.9 Å². The van der Waals surface area contributed by atoms with Gasteiger partial charge in [0.05, 0.1) is 13.2 Å². The minimum atomic E-state index is -0.0920. The molecule has 144 valence electrons. The monoisotopic (exact) mass is 372 g/mol. The summed E-state index contributed by atoms with van der Waals surface area (Å²) in [6, 6.07) is 3.69. The number of nitrogens with zero attached hydrogens (tertiary/aromatic N) is 6. The normalized spacial score (nSPS) is 18.1. The molecule has 9 heteroatoms. The van der Waals surface area contributed by atoms with Crippen molar-refractivity contribution in [3.05, 3.63) is 29.3 Å². The third-order valence-corrected chi connectivity index (χ3v) is 4.86. The molecular formula is C18H24N6O3. The van der Waals surface area contributed by atoms with Gasteiger partial charge in [-0.3, -0.25) is 4.79 Å². The summed E-state index contributed by atoms with van der Waals surface area (Å²) < 4.78 is 10.4. The number of aryl methyl sites for hydroxylation is 2. The number of piperazine rings is 1. The number of morpholine rings is 1. The van der Waals surface area contributed by atoms with Crippen LogP contribution < -0.4 is 9.80 Å². The van der Waals surface area contributed by atoms with Crippen molar-refractivity contribution < 1.29 is 14.1 Å². The van der Waals surface area contributed by atoms with E-state index in [0.29, 0.717) is 37.6 Å². The van der Waals surface area contributed by atoms with Crippen molar-refractivity contribution in [2.24, 2.45) is 0 Å². The van der Waals surface area contributed by atoms with E-state index in [-0.39, 0.29) is 5.91 Å². The molecule has 0 N–H and O–H groups in total. The summed E-state index contributed by atoms with van der Waals surface area (Å²) in [6.45, 7) is 9.49. The number of anilines is 2. The van der Waals surface area contributed by atoms with Crippen LogP contribution >= 0.6 is 0 Å². The van der Waals surface area contributed by atoms with Gasteiger partial charge in [0.15, 0.2) is 5.69 Å². The maximum atomic E-state index is 12.5. The first-order chi connectivity index (χ1) is 13.1. The largest absolute Gasteiger partial charge is 0.378 e. The molecule has 0 spiro atoms. The summed E-state index contributed by atoms with van der Waals surface area (Å²) in [4.78, 5) is 28.0. The molecule has 0 saturated carbocycles. The van der Waals surface area contributed by atoms with Crippen molar-refractivity contribution in [3.63, 3.8) is 0 Å². The van der Waals surface area contributed by atoms with Crippen molar-refractivity contribution in [1.29, 1.82) is 0 Å². The highest BCUT2D eigenvalue weighted by Crippen LogP contribution is 2.20. The Hall–Kier alpha value is -2.68.